The molecule has 0 aromatic rings. The molecule has 0 bridgehead atoms. The molecule has 5 nitrogen and oxygen atoms in total. The highest BCUT2D eigenvalue weighted by Gasteiger charge is 2.22. The Morgan fingerprint density at radius 1 is 1.21 bits per heavy atom. The summed E-state index contributed by atoms with van der Waals surface area (Å²) >= 11 is 0. The van der Waals surface area contributed by atoms with E-state index in [1.54, 1.807) is 0 Å². The number of likely N-dealkylation sites (tertiary alicyclic amines) is 1. The molecule has 1 saturated heterocycles. The van der Waals surface area contributed by atoms with E-state index >= 15 is 0 Å². The van der Waals surface area contributed by atoms with E-state index < -0.39 is 10.0 Å². The summed E-state index contributed by atoms with van der Waals surface area (Å²) in [5, 5.41) is 3.40. The molecule has 6 heteroatoms. The molecule has 0 aromatic carbocycles. The van der Waals surface area contributed by atoms with Crippen molar-refractivity contribution in [3.8, 4) is 0 Å². The first-order chi connectivity index (χ1) is 9.05. The van der Waals surface area contributed by atoms with Crippen LogP contribution >= 0.6 is 0 Å². The Morgan fingerprint density at radius 2 is 2.00 bits per heavy atom. The molecule has 1 heterocycles. The molecule has 1 atom stereocenters. The molecule has 0 spiro atoms. The number of unbranched alkanes of at least 4 members (excludes halogenated alkanes) is 1. The largest absolute Gasteiger partial charge is 0.314 e. The summed E-state index contributed by atoms with van der Waals surface area (Å²) in [4.78, 5) is 2.25. The topological polar surface area (TPSA) is 61.4 Å². The minimum atomic E-state index is -3.07. The Labute approximate surface area is 117 Å². The molecule has 19 heavy (non-hydrogen) atoms. The van der Waals surface area contributed by atoms with Crippen LogP contribution in [0.2, 0.25) is 0 Å². The highest BCUT2D eigenvalue weighted by Crippen LogP contribution is 2.18. The van der Waals surface area contributed by atoms with Crippen molar-refractivity contribution in [3.05, 3.63) is 0 Å². The first kappa shape index (κ1) is 15.2. The quantitative estimate of drug-likeness (QED) is 0.603. The number of sulfonamides is 1. The molecule has 2 N–H and O–H groups in total. The van der Waals surface area contributed by atoms with Crippen LogP contribution in [0, 0.1) is 5.92 Å². The van der Waals surface area contributed by atoms with Gasteiger partial charge in [0.05, 0.1) is 5.75 Å². The van der Waals surface area contributed by atoms with Gasteiger partial charge in [-0.3, -0.25) is 0 Å². The summed E-state index contributed by atoms with van der Waals surface area (Å²) in [7, 11) is -0.983. The molecular weight excluding hydrogens is 262 g/mol. The van der Waals surface area contributed by atoms with Gasteiger partial charge in [0.15, 0.2) is 0 Å². The molecule has 0 radical (unpaired) electrons. The van der Waals surface area contributed by atoms with Crippen LogP contribution in [0.4, 0.5) is 0 Å². The van der Waals surface area contributed by atoms with Gasteiger partial charge in [0.25, 0.3) is 0 Å². The van der Waals surface area contributed by atoms with E-state index in [1.807, 2.05) is 0 Å². The number of rotatable bonds is 9. The molecule has 1 unspecified atom stereocenters. The Morgan fingerprint density at radius 3 is 2.63 bits per heavy atom. The molecule has 0 aromatic heterocycles. The zero-order valence-corrected chi connectivity index (χ0v) is 12.7. The molecule has 2 aliphatic rings. The average Bonchev–Trinajstić information content (AvgIpc) is 3.08. The van der Waals surface area contributed by atoms with Crippen molar-refractivity contribution in [2.24, 2.45) is 5.92 Å². The highest BCUT2D eigenvalue weighted by molar-refractivity contribution is 7.89. The fraction of sp³-hybridized carbons (Fsp3) is 1.00. The van der Waals surface area contributed by atoms with Crippen molar-refractivity contribution in [1.29, 1.82) is 0 Å². The summed E-state index contributed by atoms with van der Waals surface area (Å²) in [6, 6.07) is 0.717. The number of nitrogens with one attached hydrogen (secondary N) is 2. The van der Waals surface area contributed by atoms with Crippen LogP contribution in [-0.2, 0) is 10.0 Å². The van der Waals surface area contributed by atoms with Crippen LogP contribution in [0.15, 0.2) is 0 Å². The Balaban J connectivity index is 1.53. The molecule has 1 aliphatic carbocycles. The Bertz CT molecular complexity index is 368. The number of hydrogen-bond acceptors (Lipinski definition) is 4. The zero-order chi connectivity index (χ0) is 13.7. The minimum absolute atomic E-state index is 0.266. The zero-order valence-electron chi connectivity index (χ0n) is 11.9. The predicted molar refractivity (Wildman–Crippen MR) is 77.7 cm³/mol. The normalized spacial score (nSPS) is 25.0. The molecule has 1 saturated carbocycles. The van der Waals surface area contributed by atoms with Crippen molar-refractivity contribution in [1.82, 2.24) is 14.9 Å². The molecule has 0 amide bonds. The minimum Gasteiger partial charge on any atom is -0.314 e. The molecule has 2 rings (SSSR count). The van der Waals surface area contributed by atoms with Gasteiger partial charge in [-0.1, -0.05) is 0 Å². The fourth-order valence-corrected chi connectivity index (χ4v) is 3.74. The van der Waals surface area contributed by atoms with E-state index in [0.29, 0.717) is 18.5 Å². The van der Waals surface area contributed by atoms with Gasteiger partial charge in [-0.05, 0) is 58.2 Å². The third-order valence-electron chi connectivity index (χ3n) is 3.93. The maximum atomic E-state index is 11.8. The summed E-state index contributed by atoms with van der Waals surface area (Å²) in [6.45, 7) is 3.65. The summed E-state index contributed by atoms with van der Waals surface area (Å²) < 4.78 is 26.4. The van der Waals surface area contributed by atoms with Crippen molar-refractivity contribution >= 4 is 10.0 Å². The van der Waals surface area contributed by atoms with Crippen LogP contribution in [-0.4, -0.2) is 58.3 Å². The average molecular weight is 289 g/mol. The fourth-order valence-electron chi connectivity index (χ4n) is 2.52. The van der Waals surface area contributed by atoms with Gasteiger partial charge < -0.3 is 10.2 Å². The lowest BCUT2D eigenvalue weighted by molar-refractivity contribution is 0.394. The second-order valence-corrected chi connectivity index (χ2v) is 7.95. The van der Waals surface area contributed by atoms with Crippen molar-refractivity contribution < 1.29 is 8.42 Å². The third kappa shape index (κ3) is 6.21. The van der Waals surface area contributed by atoms with Crippen molar-refractivity contribution in [2.75, 3.05) is 39.0 Å². The van der Waals surface area contributed by atoms with E-state index in [0.717, 1.165) is 38.9 Å². The maximum Gasteiger partial charge on any atom is 0.211 e. The second-order valence-electron chi connectivity index (χ2n) is 6.02. The van der Waals surface area contributed by atoms with E-state index in [1.165, 1.54) is 12.8 Å². The SMILES string of the molecule is CN1CCC(CNS(=O)(=O)CCCCNC2CC2)C1. The van der Waals surface area contributed by atoms with Crippen LogP contribution in [0.3, 0.4) is 0 Å². The van der Waals surface area contributed by atoms with Crippen molar-refractivity contribution in [2.45, 2.75) is 38.1 Å². The van der Waals surface area contributed by atoms with Gasteiger partial charge in [-0.25, -0.2) is 13.1 Å². The standard InChI is InChI=1S/C13H27N3O2S/c1-16-8-6-12(11-16)10-15-19(17,18)9-3-2-7-14-13-4-5-13/h12-15H,2-11H2,1H3. The maximum absolute atomic E-state index is 11.8. The summed E-state index contributed by atoms with van der Waals surface area (Å²) in [5.41, 5.74) is 0. The van der Waals surface area contributed by atoms with E-state index in [9.17, 15) is 8.42 Å². The molecular formula is C13H27N3O2S. The lowest BCUT2D eigenvalue weighted by Gasteiger charge is -2.12. The Hall–Kier alpha value is -0.170. The van der Waals surface area contributed by atoms with Crippen molar-refractivity contribution in [3.63, 3.8) is 0 Å². The molecule has 112 valence electrons. The Kier molecular flexibility index (Phi) is 5.62. The molecule has 2 fully saturated rings. The smallest absolute Gasteiger partial charge is 0.211 e. The van der Waals surface area contributed by atoms with Gasteiger partial charge in [0.1, 0.15) is 0 Å². The van der Waals surface area contributed by atoms with Gasteiger partial charge in [-0.15, -0.1) is 0 Å². The first-order valence-electron chi connectivity index (χ1n) is 7.44. The van der Waals surface area contributed by atoms with E-state index in [-0.39, 0.29) is 5.75 Å². The van der Waals surface area contributed by atoms with Gasteiger partial charge in [0, 0.05) is 19.1 Å². The van der Waals surface area contributed by atoms with Crippen LogP contribution in [0.25, 0.3) is 0 Å². The first-order valence-corrected chi connectivity index (χ1v) is 9.10. The van der Waals surface area contributed by atoms with E-state index in [4.69, 9.17) is 0 Å². The predicted octanol–water partition coefficient (Wildman–Crippen LogP) is 0.390. The highest BCUT2D eigenvalue weighted by atomic mass is 32.2. The van der Waals surface area contributed by atoms with Gasteiger partial charge in [-0.2, -0.15) is 0 Å². The van der Waals surface area contributed by atoms with Gasteiger partial charge in [0.2, 0.25) is 10.0 Å². The number of hydrogen-bond donors (Lipinski definition) is 2. The lowest BCUT2D eigenvalue weighted by Crippen LogP contribution is -2.32. The number of nitrogens with zero attached hydrogens (tertiary/aromatic N) is 1. The second kappa shape index (κ2) is 7.02. The van der Waals surface area contributed by atoms with Crippen LogP contribution in [0.1, 0.15) is 32.1 Å². The summed E-state index contributed by atoms with van der Waals surface area (Å²) in [6.07, 6.45) is 5.37. The third-order valence-corrected chi connectivity index (χ3v) is 5.36. The monoisotopic (exact) mass is 289 g/mol. The summed E-state index contributed by atoms with van der Waals surface area (Å²) in [5.74, 6) is 0.748. The van der Waals surface area contributed by atoms with Gasteiger partial charge >= 0.3 is 0 Å². The molecule has 1 aliphatic heterocycles. The lowest BCUT2D eigenvalue weighted by atomic mass is 10.1. The van der Waals surface area contributed by atoms with E-state index in [2.05, 4.69) is 22.0 Å². The van der Waals surface area contributed by atoms with Crippen LogP contribution < -0.4 is 10.0 Å². The van der Waals surface area contributed by atoms with Crippen LogP contribution in [0.5, 0.6) is 0 Å².